The van der Waals surface area contributed by atoms with Gasteiger partial charge in [0.05, 0.1) is 18.0 Å². The molecule has 1 saturated carbocycles. The van der Waals surface area contributed by atoms with E-state index in [-0.39, 0.29) is 29.0 Å². The van der Waals surface area contributed by atoms with Gasteiger partial charge in [0.25, 0.3) is 0 Å². The second-order valence-electron chi connectivity index (χ2n) is 7.11. The van der Waals surface area contributed by atoms with Crippen LogP contribution in [0.3, 0.4) is 0 Å². The van der Waals surface area contributed by atoms with Gasteiger partial charge in [-0.2, -0.15) is 0 Å². The molecule has 3 rings (SSSR count). The van der Waals surface area contributed by atoms with Crippen molar-refractivity contribution in [3.63, 3.8) is 0 Å². The highest BCUT2D eigenvalue weighted by Crippen LogP contribution is 2.58. The number of ether oxygens (including phenoxy) is 3. The fourth-order valence-corrected chi connectivity index (χ4v) is 3.79. The lowest BCUT2D eigenvalue weighted by molar-refractivity contribution is -0.197. The van der Waals surface area contributed by atoms with Crippen LogP contribution in [-0.4, -0.2) is 23.6 Å². The van der Waals surface area contributed by atoms with Gasteiger partial charge in [0.2, 0.25) is 6.29 Å². The van der Waals surface area contributed by atoms with Gasteiger partial charge in [0.15, 0.2) is 0 Å². The average molecular weight is 252 g/mol. The Kier molecular flexibility index (Phi) is 2.59. The highest BCUT2D eigenvalue weighted by molar-refractivity contribution is 5.20. The molecule has 0 amide bonds. The number of rotatable bonds is 1. The van der Waals surface area contributed by atoms with Crippen LogP contribution in [0.4, 0.5) is 0 Å². The molecule has 0 N–H and O–H groups in total. The Bertz CT molecular complexity index is 370. The SMILES string of the molecule is CC(C)(C)O[C@H]1CCC[C@@]23C=CO[C@@H](C[C@]12C)O3. The molecule has 1 aliphatic carbocycles. The second kappa shape index (κ2) is 3.73. The molecular formula is C15H24O3. The topological polar surface area (TPSA) is 27.7 Å². The first kappa shape index (κ1) is 12.5. The smallest absolute Gasteiger partial charge is 0.200 e. The molecule has 2 fully saturated rings. The lowest BCUT2D eigenvalue weighted by atomic mass is 9.62. The van der Waals surface area contributed by atoms with Crippen molar-refractivity contribution in [1.29, 1.82) is 0 Å². The zero-order chi connectivity index (χ0) is 13.0. The molecule has 1 saturated heterocycles. The Morgan fingerprint density at radius 3 is 2.83 bits per heavy atom. The van der Waals surface area contributed by atoms with Crippen molar-refractivity contribution in [2.75, 3.05) is 0 Å². The van der Waals surface area contributed by atoms with Crippen LogP contribution in [-0.2, 0) is 14.2 Å². The molecule has 4 atom stereocenters. The molecule has 2 aliphatic heterocycles. The normalized spacial score (nSPS) is 46.7. The minimum Gasteiger partial charge on any atom is -0.473 e. The molecule has 3 aliphatic rings. The average Bonchev–Trinajstić information content (AvgIpc) is 2.44. The van der Waals surface area contributed by atoms with Crippen LogP contribution in [0.25, 0.3) is 0 Å². The summed E-state index contributed by atoms with van der Waals surface area (Å²) < 4.78 is 18.0. The molecule has 3 heteroatoms. The van der Waals surface area contributed by atoms with E-state index < -0.39 is 0 Å². The van der Waals surface area contributed by atoms with Crippen molar-refractivity contribution in [3.8, 4) is 0 Å². The molecule has 0 unspecified atom stereocenters. The third kappa shape index (κ3) is 1.71. The number of hydrogen-bond donors (Lipinski definition) is 0. The summed E-state index contributed by atoms with van der Waals surface area (Å²) in [5, 5.41) is 0. The molecular weight excluding hydrogens is 228 g/mol. The molecule has 0 aromatic carbocycles. The Labute approximate surface area is 109 Å². The summed E-state index contributed by atoms with van der Waals surface area (Å²) in [5.74, 6) is 0. The second-order valence-corrected chi connectivity index (χ2v) is 7.11. The van der Waals surface area contributed by atoms with Gasteiger partial charge in [0, 0.05) is 11.8 Å². The van der Waals surface area contributed by atoms with Gasteiger partial charge in [-0.3, -0.25) is 0 Å². The van der Waals surface area contributed by atoms with Crippen LogP contribution in [0, 0.1) is 5.41 Å². The van der Waals surface area contributed by atoms with Gasteiger partial charge in [-0.25, -0.2) is 0 Å². The van der Waals surface area contributed by atoms with Crippen LogP contribution < -0.4 is 0 Å². The van der Waals surface area contributed by atoms with E-state index in [9.17, 15) is 0 Å². The van der Waals surface area contributed by atoms with E-state index in [1.165, 1.54) is 0 Å². The van der Waals surface area contributed by atoms with Crippen molar-refractivity contribution in [2.45, 2.75) is 77.0 Å². The van der Waals surface area contributed by atoms with E-state index in [1.54, 1.807) is 0 Å². The van der Waals surface area contributed by atoms with E-state index >= 15 is 0 Å². The van der Waals surface area contributed by atoms with E-state index in [0.29, 0.717) is 0 Å². The maximum atomic E-state index is 6.33. The molecule has 18 heavy (non-hydrogen) atoms. The van der Waals surface area contributed by atoms with Crippen molar-refractivity contribution in [3.05, 3.63) is 12.3 Å². The Hall–Kier alpha value is -0.540. The molecule has 0 aromatic heterocycles. The van der Waals surface area contributed by atoms with Crippen molar-refractivity contribution in [2.24, 2.45) is 5.41 Å². The highest BCUT2D eigenvalue weighted by Gasteiger charge is 2.63. The number of hydrogen-bond acceptors (Lipinski definition) is 3. The van der Waals surface area contributed by atoms with Gasteiger partial charge in [-0.15, -0.1) is 0 Å². The van der Waals surface area contributed by atoms with Gasteiger partial charge < -0.3 is 14.2 Å². The first-order valence-electron chi connectivity index (χ1n) is 7.04. The summed E-state index contributed by atoms with van der Waals surface area (Å²) in [5.41, 5.74) is -0.228. The summed E-state index contributed by atoms with van der Waals surface area (Å²) >= 11 is 0. The van der Waals surface area contributed by atoms with Crippen LogP contribution in [0.2, 0.25) is 0 Å². The lowest BCUT2D eigenvalue weighted by Crippen LogP contribution is -2.54. The molecule has 3 nitrogen and oxygen atoms in total. The Morgan fingerprint density at radius 1 is 1.33 bits per heavy atom. The molecule has 2 bridgehead atoms. The van der Waals surface area contributed by atoms with E-state index in [4.69, 9.17) is 14.2 Å². The minimum atomic E-state index is -0.163. The Morgan fingerprint density at radius 2 is 2.11 bits per heavy atom. The van der Waals surface area contributed by atoms with Crippen molar-refractivity contribution < 1.29 is 14.2 Å². The van der Waals surface area contributed by atoms with Crippen LogP contribution in [0.1, 0.15) is 53.4 Å². The van der Waals surface area contributed by atoms with Crippen LogP contribution in [0.5, 0.6) is 0 Å². The van der Waals surface area contributed by atoms with Crippen molar-refractivity contribution in [1.82, 2.24) is 0 Å². The monoisotopic (exact) mass is 252 g/mol. The van der Waals surface area contributed by atoms with Crippen LogP contribution >= 0.6 is 0 Å². The van der Waals surface area contributed by atoms with Gasteiger partial charge in [0.1, 0.15) is 5.60 Å². The standard InChI is InChI=1S/C15H24O3/c1-13(2,3)17-11-6-5-7-15-8-9-16-12(18-15)10-14(11,15)4/h8-9,11-12H,5-7,10H2,1-4H3/t11-,12+,14+,15+/m0/s1. The van der Waals surface area contributed by atoms with Gasteiger partial charge in [-0.1, -0.05) is 6.92 Å². The summed E-state index contributed by atoms with van der Waals surface area (Å²) in [7, 11) is 0. The predicted molar refractivity (Wildman–Crippen MR) is 69.0 cm³/mol. The first-order chi connectivity index (χ1) is 8.35. The van der Waals surface area contributed by atoms with Crippen molar-refractivity contribution >= 4 is 0 Å². The molecule has 2 heterocycles. The summed E-state index contributed by atoms with van der Waals surface area (Å²) in [6.07, 6.45) is 8.43. The zero-order valence-electron chi connectivity index (χ0n) is 11.9. The van der Waals surface area contributed by atoms with Gasteiger partial charge in [-0.05, 0) is 46.1 Å². The molecule has 0 aromatic rings. The van der Waals surface area contributed by atoms with E-state index in [1.807, 2.05) is 6.26 Å². The summed E-state index contributed by atoms with van der Waals surface area (Å²) in [6, 6.07) is 0. The molecule has 0 radical (unpaired) electrons. The molecule has 102 valence electrons. The quantitative estimate of drug-likeness (QED) is 0.716. The van der Waals surface area contributed by atoms with E-state index in [2.05, 4.69) is 33.8 Å². The highest BCUT2D eigenvalue weighted by atomic mass is 16.7. The van der Waals surface area contributed by atoms with E-state index in [0.717, 1.165) is 25.7 Å². The summed E-state index contributed by atoms with van der Waals surface area (Å²) in [4.78, 5) is 0. The fraction of sp³-hybridized carbons (Fsp3) is 0.867. The summed E-state index contributed by atoms with van der Waals surface area (Å²) in [6.45, 7) is 8.70. The predicted octanol–water partition coefficient (Wildman–Crippen LogP) is 3.39. The molecule has 1 spiro atoms. The number of fused-ring (bicyclic) bond motifs is 1. The maximum Gasteiger partial charge on any atom is 0.200 e. The van der Waals surface area contributed by atoms with Crippen LogP contribution in [0.15, 0.2) is 12.3 Å². The third-order valence-electron chi connectivity index (χ3n) is 4.69. The largest absolute Gasteiger partial charge is 0.473 e. The first-order valence-corrected chi connectivity index (χ1v) is 7.04. The Balaban J connectivity index is 1.92. The van der Waals surface area contributed by atoms with Gasteiger partial charge >= 0.3 is 0 Å². The fourth-order valence-electron chi connectivity index (χ4n) is 3.79. The minimum absolute atomic E-state index is 0.0379. The maximum absolute atomic E-state index is 6.33. The zero-order valence-corrected chi connectivity index (χ0v) is 11.9. The third-order valence-corrected chi connectivity index (χ3v) is 4.69. The lowest BCUT2D eigenvalue weighted by Gasteiger charge is -2.50.